The molecule has 0 saturated heterocycles. The molecule has 1 fully saturated rings. The van der Waals surface area contributed by atoms with Crippen LogP contribution in [0.25, 0.3) is 5.82 Å². The van der Waals surface area contributed by atoms with Crippen LogP contribution >= 0.6 is 0 Å². The molecule has 6 nitrogen and oxygen atoms in total. The molecule has 4 rings (SSSR count). The van der Waals surface area contributed by atoms with E-state index in [2.05, 4.69) is 75.2 Å². The van der Waals surface area contributed by atoms with Gasteiger partial charge >= 0.3 is 0 Å². The second-order valence-corrected chi connectivity index (χ2v) is 7.97. The first-order valence-electron chi connectivity index (χ1n) is 10.5. The maximum absolute atomic E-state index is 4.08. The van der Waals surface area contributed by atoms with Gasteiger partial charge in [0.25, 0.3) is 0 Å². The molecule has 1 N–H and O–H groups in total. The van der Waals surface area contributed by atoms with Crippen LogP contribution in [0.5, 0.6) is 0 Å². The van der Waals surface area contributed by atoms with Crippen molar-refractivity contribution in [1.29, 1.82) is 0 Å². The monoisotopic (exact) mass is 378 g/mol. The number of benzene rings is 1. The first-order valence-corrected chi connectivity index (χ1v) is 10.5. The minimum Gasteiger partial charge on any atom is -0.322 e. The number of anilines is 1. The second kappa shape index (κ2) is 9.15. The average molecular weight is 379 g/mol. The van der Waals surface area contributed by atoms with Gasteiger partial charge in [-0.25, -0.2) is 0 Å². The lowest BCUT2D eigenvalue weighted by molar-refractivity contribution is 0.304. The Hall–Kier alpha value is -2.47. The first-order chi connectivity index (χ1) is 13.8. The Kier molecular flexibility index (Phi) is 6.17. The fraction of sp³-hybridized carbons (Fsp3) is 0.500. The molecule has 1 aliphatic heterocycles. The van der Waals surface area contributed by atoms with E-state index in [1.807, 2.05) is 0 Å². The van der Waals surface area contributed by atoms with Crippen molar-refractivity contribution in [3.8, 4) is 0 Å². The summed E-state index contributed by atoms with van der Waals surface area (Å²) in [5, 5.41) is 15.4. The Morgan fingerprint density at radius 3 is 2.86 bits per heavy atom. The maximum atomic E-state index is 4.08. The van der Waals surface area contributed by atoms with E-state index in [0.717, 1.165) is 24.8 Å². The maximum Gasteiger partial charge on any atom is 0.145 e. The zero-order chi connectivity index (χ0) is 19.2. The van der Waals surface area contributed by atoms with Gasteiger partial charge in [0.2, 0.25) is 0 Å². The smallest absolute Gasteiger partial charge is 0.145 e. The third kappa shape index (κ3) is 4.50. The Labute approximate surface area is 167 Å². The van der Waals surface area contributed by atoms with E-state index in [1.54, 1.807) is 11.0 Å². The lowest BCUT2D eigenvalue weighted by Gasteiger charge is -2.30. The van der Waals surface area contributed by atoms with Crippen molar-refractivity contribution in [1.82, 2.24) is 25.5 Å². The molecule has 0 spiro atoms. The van der Waals surface area contributed by atoms with Gasteiger partial charge in [0.05, 0.1) is 0 Å². The summed E-state index contributed by atoms with van der Waals surface area (Å²) in [5.41, 5.74) is 2.50. The fourth-order valence-corrected chi connectivity index (χ4v) is 4.41. The van der Waals surface area contributed by atoms with Crippen molar-refractivity contribution >= 4 is 11.5 Å². The SMILES string of the molecule is CC(CC1CCCCC1)NCc1ccccc1N1CC=CC=C1n1cnnn1. The van der Waals surface area contributed by atoms with Crippen LogP contribution in [-0.2, 0) is 6.54 Å². The molecule has 1 aromatic heterocycles. The summed E-state index contributed by atoms with van der Waals surface area (Å²) in [5.74, 6) is 1.86. The van der Waals surface area contributed by atoms with Crippen LogP contribution in [0.15, 0.2) is 48.8 Å². The number of hydrogen-bond donors (Lipinski definition) is 1. The molecule has 1 aliphatic carbocycles. The van der Waals surface area contributed by atoms with E-state index in [9.17, 15) is 0 Å². The standard InChI is InChI=1S/C22H30N6/c1-18(15-19-9-3-2-4-10-19)23-16-20-11-5-6-12-21(20)27-14-8-7-13-22(27)28-17-24-25-26-28/h5-8,11-13,17-19,23H,2-4,9-10,14-16H2,1H3. The van der Waals surface area contributed by atoms with E-state index in [4.69, 9.17) is 0 Å². The molecular formula is C22H30N6. The van der Waals surface area contributed by atoms with Crippen LogP contribution in [0.3, 0.4) is 0 Å². The Morgan fingerprint density at radius 2 is 2.04 bits per heavy atom. The molecule has 2 aromatic rings. The molecule has 1 saturated carbocycles. The van der Waals surface area contributed by atoms with Crippen molar-refractivity contribution in [2.75, 3.05) is 11.4 Å². The zero-order valence-corrected chi connectivity index (χ0v) is 16.7. The predicted molar refractivity (Wildman–Crippen MR) is 113 cm³/mol. The molecule has 2 aliphatic rings. The van der Waals surface area contributed by atoms with Crippen molar-refractivity contribution in [2.24, 2.45) is 5.92 Å². The van der Waals surface area contributed by atoms with Gasteiger partial charge in [-0.05, 0) is 47.4 Å². The molecule has 1 aromatic carbocycles. The van der Waals surface area contributed by atoms with Crippen molar-refractivity contribution in [2.45, 2.75) is 58.0 Å². The Balaban J connectivity index is 1.45. The van der Waals surface area contributed by atoms with Crippen molar-refractivity contribution in [3.63, 3.8) is 0 Å². The van der Waals surface area contributed by atoms with Gasteiger partial charge in [0.15, 0.2) is 0 Å². The van der Waals surface area contributed by atoms with E-state index >= 15 is 0 Å². The van der Waals surface area contributed by atoms with Crippen molar-refractivity contribution < 1.29 is 0 Å². The van der Waals surface area contributed by atoms with Crippen LogP contribution in [-0.4, -0.2) is 32.8 Å². The summed E-state index contributed by atoms with van der Waals surface area (Å²) in [6, 6.07) is 9.14. The number of hydrogen-bond acceptors (Lipinski definition) is 5. The molecule has 0 amide bonds. The number of allylic oxidation sites excluding steroid dienone is 2. The fourth-order valence-electron chi connectivity index (χ4n) is 4.41. The van der Waals surface area contributed by atoms with E-state index in [0.29, 0.717) is 6.04 Å². The second-order valence-electron chi connectivity index (χ2n) is 7.97. The number of nitrogens with one attached hydrogen (secondary N) is 1. The topological polar surface area (TPSA) is 58.9 Å². The largest absolute Gasteiger partial charge is 0.322 e. The number of aromatic nitrogens is 4. The molecule has 2 heterocycles. The van der Waals surface area contributed by atoms with E-state index in [1.165, 1.54) is 49.8 Å². The van der Waals surface area contributed by atoms with Gasteiger partial charge < -0.3 is 10.2 Å². The summed E-state index contributed by atoms with van der Waals surface area (Å²) in [6.45, 7) is 4.00. The van der Waals surface area contributed by atoms with Gasteiger partial charge in [-0.1, -0.05) is 62.5 Å². The van der Waals surface area contributed by atoms with Gasteiger partial charge in [-0.2, -0.15) is 4.68 Å². The van der Waals surface area contributed by atoms with Gasteiger partial charge in [0.1, 0.15) is 12.1 Å². The summed E-state index contributed by atoms with van der Waals surface area (Å²) in [4.78, 5) is 2.26. The first kappa shape index (κ1) is 18.9. The Bertz CT molecular complexity index is 804. The predicted octanol–water partition coefficient (Wildman–Crippen LogP) is 4.00. The highest BCUT2D eigenvalue weighted by molar-refractivity contribution is 5.73. The van der Waals surface area contributed by atoms with Crippen LogP contribution in [0, 0.1) is 5.92 Å². The van der Waals surface area contributed by atoms with Gasteiger partial charge in [-0.3, -0.25) is 0 Å². The van der Waals surface area contributed by atoms with Gasteiger partial charge in [0, 0.05) is 24.8 Å². The third-order valence-corrected chi connectivity index (χ3v) is 5.86. The van der Waals surface area contributed by atoms with Crippen LogP contribution in [0.1, 0.15) is 51.0 Å². The summed E-state index contributed by atoms with van der Waals surface area (Å²) < 4.78 is 1.72. The average Bonchev–Trinajstić information content (AvgIpc) is 3.28. The van der Waals surface area contributed by atoms with Crippen LogP contribution < -0.4 is 10.2 Å². The Morgan fingerprint density at radius 1 is 1.18 bits per heavy atom. The highest BCUT2D eigenvalue weighted by Crippen LogP contribution is 2.29. The minimum atomic E-state index is 0.534. The normalized spacial score (nSPS) is 18.9. The number of rotatable bonds is 7. The summed E-state index contributed by atoms with van der Waals surface area (Å²) in [6.07, 6.45) is 16.2. The molecular weight excluding hydrogens is 348 g/mol. The third-order valence-electron chi connectivity index (χ3n) is 5.86. The number of nitrogens with zero attached hydrogens (tertiary/aromatic N) is 5. The molecule has 28 heavy (non-hydrogen) atoms. The van der Waals surface area contributed by atoms with Crippen LogP contribution in [0.2, 0.25) is 0 Å². The van der Waals surface area contributed by atoms with Crippen LogP contribution in [0.4, 0.5) is 5.69 Å². The lowest BCUT2D eigenvalue weighted by Crippen LogP contribution is -2.31. The molecule has 1 atom stereocenters. The highest BCUT2D eigenvalue weighted by atomic mass is 15.6. The molecule has 1 unspecified atom stereocenters. The lowest BCUT2D eigenvalue weighted by atomic mass is 9.85. The number of para-hydroxylation sites is 1. The van der Waals surface area contributed by atoms with E-state index in [-0.39, 0.29) is 0 Å². The van der Waals surface area contributed by atoms with E-state index < -0.39 is 0 Å². The van der Waals surface area contributed by atoms with Crippen molar-refractivity contribution in [3.05, 3.63) is 54.4 Å². The quantitative estimate of drug-likeness (QED) is 0.789. The number of tetrazole rings is 1. The molecule has 148 valence electrons. The molecule has 0 radical (unpaired) electrons. The minimum absolute atomic E-state index is 0.534. The highest BCUT2D eigenvalue weighted by Gasteiger charge is 2.20. The zero-order valence-electron chi connectivity index (χ0n) is 16.7. The molecule has 0 bridgehead atoms. The summed E-state index contributed by atoms with van der Waals surface area (Å²) >= 11 is 0. The molecule has 6 heteroatoms. The van der Waals surface area contributed by atoms with Gasteiger partial charge in [-0.15, -0.1) is 5.10 Å². The summed E-state index contributed by atoms with van der Waals surface area (Å²) in [7, 11) is 0.